The molecule has 0 radical (unpaired) electrons. The summed E-state index contributed by atoms with van der Waals surface area (Å²) >= 11 is 0. The summed E-state index contributed by atoms with van der Waals surface area (Å²) in [5, 5.41) is 2.93. The predicted octanol–water partition coefficient (Wildman–Crippen LogP) is 5.22. The normalized spacial score (nSPS) is 15.6. The second-order valence-electron chi connectivity index (χ2n) is 8.93. The molecule has 1 aliphatic rings. The highest BCUT2D eigenvalue weighted by Gasteiger charge is 2.27. The Hall–Kier alpha value is -3.44. The summed E-state index contributed by atoms with van der Waals surface area (Å²) in [7, 11) is 4.18. The van der Waals surface area contributed by atoms with Gasteiger partial charge in [-0.25, -0.2) is 0 Å². The molecule has 1 aliphatic heterocycles. The lowest BCUT2D eigenvalue weighted by molar-refractivity contribution is -0.115. The van der Waals surface area contributed by atoms with Gasteiger partial charge in [0.05, 0.1) is 6.42 Å². The fourth-order valence-electron chi connectivity index (χ4n) is 4.55. The van der Waals surface area contributed by atoms with E-state index in [2.05, 4.69) is 30.4 Å². The van der Waals surface area contributed by atoms with Crippen molar-refractivity contribution < 1.29 is 9.59 Å². The second-order valence-corrected chi connectivity index (χ2v) is 8.93. The van der Waals surface area contributed by atoms with E-state index in [9.17, 15) is 9.59 Å². The molecule has 5 heteroatoms. The van der Waals surface area contributed by atoms with Crippen molar-refractivity contribution in [2.24, 2.45) is 0 Å². The molecule has 1 atom stereocenters. The third-order valence-corrected chi connectivity index (χ3v) is 6.18. The number of aryl methyl sites for hydroxylation is 1. The third kappa shape index (κ3) is 5.32. The van der Waals surface area contributed by atoms with Crippen molar-refractivity contribution in [3.05, 3.63) is 95.1 Å². The number of hydrogen-bond acceptors (Lipinski definition) is 3. The zero-order valence-electron chi connectivity index (χ0n) is 19.5. The summed E-state index contributed by atoms with van der Waals surface area (Å²) in [6.45, 7) is 2.70. The number of hydrogen-bond donors (Lipinski definition) is 1. The van der Waals surface area contributed by atoms with Gasteiger partial charge in [-0.3, -0.25) is 9.59 Å². The lowest BCUT2D eigenvalue weighted by Gasteiger charge is -2.27. The number of amides is 2. The molecule has 0 aromatic heterocycles. The standard InChI is InChI=1S/C28H31N3O2/c1-20-8-6-9-21(18-20)19-27(32)29-23-15-13-22(14-16-23)28(33)31-17-7-12-25(30(2)3)24-10-4-5-11-26(24)31/h4-6,8-11,13-16,18,25H,7,12,17,19H2,1-3H3,(H,29,32). The van der Waals surface area contributed by atoms with Crippen molar-refractivity contribution in [2.75, 3.05) is 30.9 Å². The highest BCUT2D eigenvalue weighted by atomic mass is 16.2. The van der Waals surface area contributed by atoms with E-state index in [0.29, 0.717) is 30.3 Å². The molecular weight excluding hydrogens is 410 g/mol. The summed E-state index contributed by atoms with van der Waals surface area (Å²) < 4.78 is 0. The number of benzene rings is 3. The molecule has 1 heterocycles. The van der Waals surface area contributed by atoms with E-state index in [1.54, 1.807) is 24.3 Å². The number of rotatable bonds is 5. The van der Waals surface area contributed by atoms with Gasteiger partial charge >= 0.3 is 0 Å². The number of nitrogens with one attached hydrogen (secondary N) is 1. The van der Waals surface area contributed by atoms with Gasteiger partial charge in [0, 0.05) is 29.5 Å². The number of carbonyl (C=O) groups is 2. The first-order chi connectivity index (χ1) is 15.9. The zero-order chi connectivity index (χ0) is 23.4. The van der Waals surface area contributed by atoms with Crippen LogP contribution in [0.4, 0.5) is 11.4 Å². The molecule has 0 saturated heterocycles. The average Bonchev–Trinajstić information content (AvgIpc) is 2.99. The first-order valence-electron chi connectivity index (χ1n) is 11.4. The largest absolute Gasteiger partial charge is 0.326 e. The minimum Gasteiger partial charge on any atom is -0.326 e. The summed E-state index contributed by atoms with van der Waals surface area (Å²) in [5.41, 5.74) is 5.59. The van der Waals surface area contributed by atoms with Gasteiger partial charge in [-0.05, 0) is 75.3 Å². The molecule has 0 saturated carbocycles. The van der Waals surface area contributed by atoms with Crippen LogP contribution < -0.4 is 10.2 Å². The average molecular weight is 442 g/mol. The molecule has 1 N–H and O–H groups in total. The third-order valence-electron chi connectivity index (χ3n) is 6.18. The lowest BCUT2D eigenvalue weighted by atomic mass is 10.0. The summed E-state index contributed by atoms with van der Waals surface area (Å²) in [5.74, 6) is -0.0876. The summed E-state index contributed by atoms with van der Waals surface area (Å²) in [6, 6.07) is 23.6. The molecular formula is C28H31N3O2. The van der Waals surface area contributed by atoms with E-state index in [4.69, 9.17) is 0 Å². The van der Waals surface area contributed by atoms with E-state index in [1.165, 1.54) is 5.56 Å². The highest BCUT2D eigenvalue weighted by molar-refractivity contribution is 6.07. The Labute approximate surface area is 196 Å². The van der Waals surface area contributed by atoms with Crippen molar-refractivity contribution in [1.82, 2.24) is 4.90 Å². The predicted molar refractivity (Wildman–Crippen MR) is 134 cm³/mol. The molecule has 0 spiro atoms. The van der Waals surface area contributed by atoms with Gasteiger partial charge in [0.1, 0.15) is 0 Å². The maximum atomic E-state index is 13.4. The van der Waals surface area contributed by atoms with Crippen LogP contribution in [0, 0.1) is 6.92 Å². The molecule has 3 aromatic carbocycles. The van der Waals surface area contributed by atoms with Crippen LogP contribution in [-0.2, 0) is 11.2 Å². The first-order valence-corrected chi connectivity index (χ1v) is 11.4. The minimum absolute atomic E-state index is 0.0144. The molecule has 2 amide bonds. The molecule has 3 aromatic rings. The molecule has 0 fully saturated rings. The molecule has 33 heavy (non-hydrogen) atoms. The van der Waals surface area contributed by atoms with Crippen molar-refractivity contribution in [2.45, 2.75) is 32.2 Å². The summed E-state index contributed by atoms with van der Waals surface area (Å²) in [6.07, 6.45) is 2.27. The Balaban J connectivity index is 1.48. The van der Waals surface area contributed by atoms with Crippen LogP contribution in [-0.4, -0.2) is 37.4 Å². The number of nitrogens with zero attached hydrogens (tertiary/aromatic N) is 2. The quantitative estimate of drug-likeness (QED) is 0.591. The van der Waals surface area contributed by atoms with Gasteiger partial charge in [-0.1, -0.05) is 48.0 Å². The van der Waals surface area contributed by atoms with E-state index in [0.717, 1.165) is 29.7 Å². The zero-order valence-corrected chi connectivity index (χ0v) is 19.5. The van der Waals surface area contributed by atoms with Crippen LogP contribution in [0.25, 0.3) is 0 Å². The Morgan fingerprint density at radius 3 is 2.48 bits per heavy atom. The van der Waals surface area contributed by atoms with Gasteiger partial charge in [-0.2, -0.15) is 0 Å². The van der Waals surface area contributed by atoms with Gasteiger partial charge < -0.3 is 15.1 Å². The molecule has 1 unspecified atom stereocenters. The van der Waals surface area contributed by atoms with Gasteiger partial charge in [0.15, 0.2) is 0 Å². The fourth-order valence-corrected chi connectivity index (χ4v) is 4.55. The monoisotopic (exact) mass is 441 g/mol. The van der Waals surface area contributed by atoms with Crippen molar-refractivity contribution in [3.63, 3.8) is 0 Å². The van der Waals surface area contributed by atoms with Crippen LogP contribution in [0.2, 0.25) is 0 Å². The molecule has 0 bridgehead atoms. The molecule has 4 rings (SSSR count). The number of carbonyl (C=O) groups excluding carboxylic acids is 2. The number of anilines is 2. The maximum Gasteiger partial charge on any atom is 0.258 e. The first kappa shape index (κ1) is 22.7. The van der Waals surface area contributed by atoms with Crippen LogP contribution in [0.5, 0.6) is 0 Å². The Morgan fingerprint density at radius 2 is 1.76 bits per heavy atom. The van der Waals surface area contributed by atoms with Crippen molar-refractivity contribution >= 4 is 23.2 Å². The topological polar surface area (TPSA) is 52.7 Å². The van der Waals surface area contributed by atoms with E-state index >= 15 is 0 Å². The molecule has 5 nitrogen and oxygen atoms in total. The highest BCUT2D eigenvalue weighted by Crippen LogP contribution is 2.36. The van der Waals surface area contributed by atoms with Gasteiger partial charge in [-0.15, -0.1) is 0 Å². The Bertz CT molecular complexity index is 1140. The van der Waals surface area contributed by atoms with Crippen LogP contribution in [0.1, 0.15) is 45.9 Å². The van der Waals surface area contributed by atoms with Crippen LogP contribution in [0.15, 0.2) is 72.8 Å². The van der Waals surface area contributed by atoms with Gasteiger partial charge in [0.2, 0.25) is 5.91 Å². The van der Waals surface area contributed by atoms with E-state index < -0.39 is 0 Å². The van der Waals surface area contributed by atoms with Crippen molar-refractivity contribution in [1.29, 1.82) is 0 Å². The van der Waals surface area contributed by atoms with Crippen molar-refractivity contribution in [3.8, 4) is 0 Å². The molecule has 170 valence electrons. The second kappa shape index (κ2) is 10.0. The van der Waals surface area contributed by atoms with Crippen LogP contribution >= 0.6 is 0 Å². The van der Waals surface area contributed by atoms with Crippen LogP contribution in [0.3, 0.4) is 0 Å². The van der Waals surface area contributed by atoms with E-state index in [-0.39, 0.29) is 11.8 Å². The Kier molecular flexibility index (Phi) is 6.90. The SMILES string of the molecule is Cc1cccc(CC(=O)Nc2ccc(C(=O)N3CCCC(N(C)C)c4ccccc43)cc2)c1. The molecule has 0 aliphatic carbocycles. The van der Waals surface area contributed by atoms with Gasteiger partial charge in [0.25, 0.3) is 5.91 Å². The lowest BCUT2D eigenvalue weighted by Crippen LogP contribution is -2.31. The smallest absolute Gasteiger partial charge is 0.258 e. The number of fused-ring (bicyclic) bond motifs is 1. The fraction of sp³-hybridized carbons (Fsp3) is 0.286. The Morgan fingerprint density at radius 1 is 1.00 bits per heavy atom. The maximum absolute atomic E-state index is 13.4. The summed E-state index contributed by atoms with van der Waals surface area (Å²) in [4.78, 5) is 30.0. The minimum atomic E-state index is -0.0733. The number of para-hydroxylation sites is 1. The van der Waals surface area contributed by atoms with E-state index in [1.807, 2.05) is 54.3 Å².